The summed E-state index contributed by atoms with van der Waals surface area (Å²) in [6.45, 7) is 0.766. The number of Topliss-reactive ketones (excluding diaryl/α,β-unsaturated/α-hetero) is 1. The first-order valence-electron chi connectivity index (χ1n) is 6.42. The number of nitrogens with zero attached hydrogens (tertiary/aromatic N) is 1. The number of aromatic nitrogens is 1. The van der Waals surface area contributed by atoms with Crippen LogP contribution in [0.1, 0.15) is 16.8 Å². The van der Waals surface area contributed by atoms with Crippen LogP contribution in [0, 0.1) is 0 Å². The largest absolute Gasteiger partial charge is 0.497 e. The van der Waals surface area contributed by atoms with Crippen molar-refractivity contribution < 1.29 is 9.53 Å². The van der Waals surface area contributed by atoms with Crippen molar-refractivity contribution in [3.05, 3.63) is 42.0 Å². The van der Waals surface area contributed by atoms with E-state index in [1.165, 1.54) is 10.9 Å². The lowest BCUT2D eigenvalue weighted by molar-refractivity contribution is 0.0973. The number of carbonyl (C=O) groups is 1. The van der Waals surface area contributed by atoms with Crippen molar-refractivity contribution in [1.82, 2.24) is 4.57 Å². The highest BCUT2D eigenvalue weighted by atomic mass is 16.5. The molecule has 3 heteroatoms. The summed E-state index contributed by atoms with van der Waals surface area (Å²) in [7, 11) is 1.64. The molecular weight excluding hydrogens is 238 g/mol. The maximum absolute atomic E-state index is 12.1. The minimum atomic E-state index is 0.208. The summed E-state index contributed by atoms with van der Waals surface area (Å²) in [5.41, 5.74) is 3.04. The van der Waals surface area contributed by atoms with E-state index < -0.39 is 0 Å². The maximum Gasteiger partial charge on any atom is 0.166 e. The van der Waals surface area contributed by atoms with Gasteiger partial charge in [0.25, 0.3) is 0 Å². The first-order chi connectivity index (χ1) is 9.29. The van der Waals surface area contributed by atoms with Gasteiger partial charge in [0.15, 0.2) is 5.78 Å². The van der Waals surface area contributed by atoms with Crippen LogP contribution in [0.5, 0.6) is 5.75 Å². The van der Waals surface area contributed by atoms with Crippen LogP contribution in [-0.4, -0.2) is 17.5 Å². The fourth-order valence-corrected chi connectivity index (χ4v) is 3.07. The Balaban J connectivity index is 2.29. The molecule has 0 radical (unpaired) electrons. The number of methoxy groups -OCH3 is 1. The molecule has 0 spiro atoms. The van der Waals surface area contributed by atoms with Crippen LogP contribution in [-0.2, 0) is 6.54 Å². The minimum Gasteiger partial charge on any atom is -0.497 e. The molecule has 0 saturated carbocycles. The lowest BCUT2D eigenvalue weighted by atomic mass is 10.0. The van der Waals surface area contributed by atoms with Crippen LogP contribution in [0.3, 0.4) is 0 Å². The zero-order chi connectivity index (χ0) is 13.0. The third-order valence-corrected chi connectivity index (χ3v) is 3.94. The van der Waals surface area contributed by atoms with Crippen LogP contribution >= 0.6 is 0 Å². The average Bonchev–Trinajstić information content (AvgIpc) is 2.78. The van der Waals surface area contributed by atoms with E-state index in [2.05, 4.69) is 16.7 Å². The quantitative estimate of drug-likeness (QED) is 0.663. The Morgan fingerprint density at radius 3 is 2.84 bits per heavy atom. The Morgan fingerprint density at radius 2 is 2.00 bits per heavy atom. The molecule has 19 heavy (non-hydrogen) atoms. The molecule has 0 fully saturated rings. The van der Waals surface area contributed by atoms with Gasteiger partial charge in [0.1, 0.15) is 5.75 Å². The number of ketones is 1. The van der Waals surface area contributed by atoms with Gasteiger partial charge >= 0.3 is 0 Å². The van der Waals surface area contributed by atoms with Crippen molar-refractivity contribution in [2.75, 3.05) is 7.11 Å². The van der Waals surface area contributed by atoms with E-state index in [0.717, 1.165) is 28.8 Å². The number of benzene rings is 2. The summed E-state index contributed by atoms with van der Waals surface area (Å²) < 4.78 is 7.58. The van der Waals surface area contributed by atoms with Gasteiger partial charge in [0.2, 0.25) is 0 Å². The number of rotatable bonds is 1. The SMILES string of the molecule is COc1cc2c3c(c1)c1ccccc1n3CCC2=O. The summed E-state index contributed by atoms with van der Waals surface area (Å²) in [4.78, 5) is 12.1. The predicted octanol–water partition coefficient (Wildman–Crippen LogP) is 3.39. The number of hydrogen-bond acceptors (Lipinski definition) is 2. The summed E-state index contributed by atoms with van der Waals surface area (Å²) in [5.74, 6) is 0.958. The smallest absolute Gasteiger partial charge is 0.166 e. The lowest BCUT2D eigenvalue weighted by Crippen LogP contribution is -2.14. The van der Waals surface area contributed by atoms with Gasteiger partial charge in [-0.15, -0.1) is 0 Å². The molecule has 3 aromatic rings. The molecule has 94 valence electrons. The lowest BCUT2D eigenvalue weighted by Gasteiger charge is -2.16. The van der Waals surface area contributed by atoms with Crippen LogP contribution < -0.4 is 4.74 Å². The van der Waals surface area contributed by atoms with E-state index in [4.69, 9.17) is 4.74 Å². The molecule has 1 aliphatic heterocycles. The second-order valence-electron chi connectivity index (χ2n) is 4.91. The molecule has 0 bridgehead atoms. The number of carbonyl (C=O) groups excluding carboxylic acids is 1. The Kier molecular flexibility index (Phi) is 2.01. The molecule has 1 aromatic heterocycles. The predicted molar refractivity (Wildman–Crippen MR) is 74.9 cm³/mol. The second kappa shape index (κ2) is 3.60. The average molecular weight is 251 g/mol. The first kappa shape index (κ1) is 10.6. The fraction of sp³-hybridized carbons (Fsp3) is 0.188. The third kappa shape index (κ3) is 1.30. The topological polar surface area (TPSA) is 31.2 Å². The molecule has 0 atom stereocenters. The second-order valence-corrected chi connectivity index (χ2v) is 4.91. The summed E-state index contributed by atoms with van der Waals surface area (Å²) in [6.07, 6.45) is 0.563. The van der Waals surface area contributed by atoms with Gasteiger partial charge in [0, 0.05) is 34.8 Å². The van der Waals surface area contributed by atoms with E-state index in [0.29, 0.717) is 6.42 Å². The molecule has 0 unspecified atom stereocenters. The van der Waals surface area contributed by atoms with Gasteiger partial charge < -0.3 is 9.30 Å². The minimum absolute atomic E-state index is 0.208. The van der Waals surface area contributed by atoms with Crippen molar-refractivity contribution in [2.45, 2.75) is 13.0 Å². The summed E-state index contributed by atoms with van der Waals surface area (Å²) in [6, 6.07) is 12.2. The van der Waals surface area contributed by atoms with Crippen LogP contribution in [0.4, 0.5) is 0 Å². The Bertz CT molecular complexity index is 829. The Labute approximate surface area is 110 Å². The van der Waals surface area contributed by atoms with Gasteiger partial charge in [-0.05, 0) is 18.2 Å². The van der Waals surface area contributed by atoms with E-state index in [1.54, 1.807) is 7.11 Å². The maximum atomic E-state index is 12.1. The molecular formula is C16H13NO2. The van der Waals surface area contributed by atoms with Crippen LogP contribution in [0.25, 0.3) is 21.8 Å². The van der Waals surface area contributed by atoms with Crippen molar-refractivity contribution >= 4 is 27.6 Å². The zero-order valence-electron chi connectivity index (χ0n) is 10.6. The molecule has 0 N–H and O–H groups in total. The summed E-state index contributed by atoms with van der Waals surface area (Å²) >= 11 is 0. The molecule has 0 amide bonds. The molecule has 1 aliphatic rings. The van der Waals surface area contributed by atoms with Crippen molar-refractivity contribution in [1.29, 1.82) is 0 Å². The van der Waals surface area contributed by atoms with E-state index in [1.807, 2.05) is 24.3 Å². The molecule has 0 saturated heterocycles. The van der Waals surface area contributed by atoms with Crippen molar-refractivity contribution in [3.8, 4) is 5.75 Å². The molecule has 3 nitrogen and oxygen atoms in total. The summed E-state index contributed by atoms with van der Waals surface area (Å²) in [5, 5.41) is 2.30. The highest BCUT2D eigenvalue weighted by molar-refractivity contribution is 6.17. The Morgan fingerprint density at radius 1 is 1.16 bits per heavy atom. The first-order valence-corrected chi connectivity index (χ1v) is 6.42. The van der Waals surface area contributed by atoms with Gasteiger partial charge in [-0.3, -0.25) is 4.79 Å². The van der Waals surface area contributed by atoms with Gasteiger partial charge in [-0.2, -0.15) is 0 Å². The number of ether oxygens (including phenoxy) is 1. The van der Waals surface area contributed by atoms with E-state index in [-0.39, 0.29) is 5.78 Å². The van der Waals surface area contributed by atoms with Crippen LogP contribution in [0.15, 0.2) is 36.4 Å². The highest BCUT2D eigenvalue weighted by Gasteiger charge is 2.23. The molecule has 0 aliphatic carbocycles. The molecule has 2 aromatic carbocycles. The fourth-order valence-electron chi connectivity index (χ4n) is 3.07. The zero-order valence-corrected chi connectivity index (χ0v) is 10.6. The normalized spacial score (nSPS) is 14.3. The monoisotopic (exact) mass is 251 g/mol. The standard InChI is InChI=1S/C16H13NO2/c1-19-10-8-12-11-4-2-3-5-14(11)17-7-6-15(18)13(9-10)16(12)17/h2-5,8-9H,6-7H2,1H3. The number of aryl methyl sites for hydroxylation is 1. The van der Waals surface area contributed by atoms with Gasteiger partial charge in [-0.25, -0.2) is 0 Å². The number of para-hydroxylation sites is 1. The molecule has 4 rings (SSSR count). The third-order valence-electron chi connectivity index (χ3n) is 3.94. The van der Waals surface area contributed by atoms with E-state index in [9.17, 15) is 4.79 Å². The Hall–Kier alpha value is -2.29. The highest BCUT2D eigenvalue weighted by Crippen LogP contribution is 2.37. The van der Waals surface area contributed by atoms with E-state index >= 15 is 0 Å². The number of hydrogen-bond donors (Lipinski definition) is 0. The van der Waals surface area contributed by atoms with Gasteiger partial charge in [0.05, 0.1) is 12.6 Å². The van der Waals surface area contributed by atoms with Crippen LogP contribution in [0.2, 0.25) is 0 Å². The molecule has 2 heterocycles. The van der Waals surface area contributed by atoms with Crippen molar-refractivity contribution in [2.24, 2.45) is 0 Å². The van der Waals surface area contributed by atoms with Gasteiger partial charge in [-0.1, -0.05) is 18.2 Å². The van der Waals surface area contributed by atoms with Crippen molar-refractivity contribution in [3.63, 3.8) is 0 Å². The number of fused-ring (bicyclic) bond motifs is 3.